The third-order valence-corrected chi connectivity index (χ3v) is 3.82. The number of thioether (sulfide) groups is 1. The van der Waals surface area contributed by atoms with Crippen LogP contribution < -0.4 is 27.4 Å². The van der Waals surface area contributed by atoms with Crippen LogP contribution in [0.15, 0.2) is 0 Å². The lowest BCUT2D eigenvalue weighted by Gasteiger charge is -2.20. The number of rotatable bonds is 12. The Morgan fingerprint density at radius 2 is 1.73 bits per heavy atom. The second-order valence-electron chi connectivity index (χ2n) is 5.46. The smallest absolute Gasteiger partial charge is 0.325 e. The number of aliphatic carboxylic acids is 1. The van der Waals surface area contributed by atoms with Gasteiger partial charge >= 0.3 is 5.97 Å². The van der Waals surface area contributed by atoms with Gasteiger partial charge in [-0.25, -0.2) is 0 Å². The molecular weight excluding hydrogens is 366 g/mol. The van der Waals surface area contributed by atoms with Gasteiger partial charge in [-0.2, -0.15) is 11.8 Å². The summed E-state index contributed by atoms with van der Waals surface area (Å²) in [7, 11) is 0. The van der Waals surface area contributed by atoms with Gasteiger partial charge in [-0.3, -0.25) is 24.0 Å². The lowest BCUT2D eigenvalue weighted by molar-refractivity contribution is -0.141. The Balaban J connectivity index is 4.68. The Hall–Kier alpha value is -2.34. The van der Waals surface area contributed by atoms with Gasteiger partial charge in [0.15, 0.2) is 0 Å². The molecule has 148 valence electrons. The van der Waals surface area contributed by atoms with E-state index in [-0.39, 0.29) is 12.8 Å². The third-order valence-electron chi connectivity index (χ3n) is 3.17. The Labute approximate surface area is 155 Å². The summed E-state index contributed by atoms with van der Waals surface area (Å²) in [6.07, 6.45) is 1.73. The number of hydrogen-bond donors (Lipinski definition) is 6. The Kier molecular flexibility index (Phi) is 11.0. The van der Waals surface area contributed by atoms with Crippen LogP contribution in [-0.4, -0.2) is 71.4 Å². The van der Waals surface area contributed by atoms with Gasteiger partial charge in [0.25, 0.3) is 0 Å². The average Bonchev–Trinajstić information content (AvgIpc) is 2.55. The molecule has 0 aromatic heterocycles. The molecule has 0 aromatic carbocycles. The largest absolute Gasteiger partial charge is 0.480 e. The van der Waals surface area contributed by atoms with Crippen molar-refractivity contribution in [2.45, 2.75) is 37.9 Å². The van der Waals surface area contributed by atoms with Crippen LogP contribution in [0.25, 0.3) is 0 Å². The van der Waals surface area contributed by atoms with E-state index < -0.39 is 54.3 Å². The first kappa shape index (κ1) is 23.7. The van der Waals surface area contributed by atoms with Crippen LogP contribution in [0, 0.1) is 0 Å². The minimum absolute atomic E-state index is 0.273. The first-order valence-corrected chi connectivity index (χ1v) is 9.10. The lowest BCUT2D eigenvalue weighted by atomic mass is 10.1. The van der Waals surface area contributed by atoms with E-state index in [0.29, 0.717) is 5.75 Å². The van der Waals surface area contributed by atoms with Gasteiger partial charge in [-0.1, -0.05) is 0 Å². The predicted octanol–water partition coefficient (Wildman–Crippen LogP) is -2.87. The van der Waals surface area contributed by atoms with Crippen LogP contribution >= 0.6 is 11.8 Å². The van der Waals surface area contributed by atoms with Crippen molar-refractivity contribution in [3.8, 4) is 0 Å². The molecule has 26 heavy (non-hydrogen) atoms. The number of carboxylic acid groups (broad SMARTS) is 1. The van der Waals surface area contributed by atoms with Gasteiger partial charge in [-0.15, -0.1) is 0 Å². The minimum atomic E-state index is -1.21. The molecule has 12 heteroatoms. The maximum absolute atomic E-state index is 12.2. The zero-order chi connectivity index (χ0) is 20.3. The van der Waals surface area contributed by atoms with Gasteiger partial charge in [0.1, 0.15) is 12.1 Å². The summed E-state index contributed by atoms with van der Waals surface area (Å²) in [5, 5.41) is 15.6. The van der Waals surface area contributed by atoms with Crippen molar-refractivity contribution < 1.29 is 29.1 Å². The van der Waals surface area contributed by atoms with E-state index in [4.69, 9.17) is 16.6 Å². The predicted molar refractivity (Wildman–Crippen MR) is 95.0 cm³/mol. The summed E-state index contributed by atoms with van der Waals surface area (Å²) >= 11 is 1.45. The Bertz CT molecular complexity index is 544. The normalized spacial score (nSPS) is 13.8. The van der Waals surface area contributed by atoms with Gasteiger partial charge < -0.3 is 32.5 Å². The van der Waals surface area contributed by atoms with E-state index in [1.807, 2.05) is 6.26 Å². The molecule has 0 radical (unpaired) electrons. The molecule has 0 aliphatic rings. The van der Waals surface area contributed by atoms with Crippen LogP contribution in [0.4, 0.5) is 0 Å². The quantitative estimate of drug-likeness (QED) is 0.204. The maximum Gasteiger partial charge on any atom is 0.325 e. The molecular formula is C14H25N5O6S. The second-order valence-corrected chi connectivity index (χ2v) is 6.45. The van der Waals surface area contributed by atoms with Crippen LogP contribution in [0.3, 0.4) is 0 Å². The highest BCUT2D eigenvalue weighted by Crippen LogP contribution is 2.02. The van der Waals surface area contributed by atoms with E-state index >= 15 is 0 Å². The molecule has 8 N–H and O–H groups in total. The average molecular weight is 391 g/mol. The number of hydrogen-bond acceptors (Lipinski definition) is 7. The summed E-state index contributed by atoms with van der Waals surface area (Å²) in [6, 6.07) is -3.24. The van der Waals surface area contributed by atoms with Gasteiger partial charge in [0, 0.05) is 0 Å². The fourth-order valence-electron chi connectivity index (χ4n) is 1.74. The van der Waals surface area contributed by atoms with Crippen LogP contribution in [0.5, 0.6) is 0 Å². The molecule has 0 spiro atoms. The lowest BCUT2D eigenvalue weighted by Crippen LogP contribution is -2.54. The topological polar surface area (TPSA) is 194 Å². The summed E-state index contributed by atoms with van der Waals surface area (Å²) < 4.78 is 0. The summed E-state index contributed by atoms with van der Waals surface area (Å²) in [6.45, 7) is 0.832. The van der Waals surface area contributed by atoms with Gasteiger partial charge in [0.2, 0.25) is 23.6 Å². The van der Waals surface area contributed by atoms with Gasteiger partial charge in [-0.05, 0) is 25.4 Å². The van der Waals surface area contributed by atoms with Crippen molar-refractivity contribution in [2.24, 2.45) is 11.5 Å². The molecule has 0 aliphatic heterocycles. The van der Waals surface area contributed by atoms with E-state index in [9.17, 15) is 24.0 Å². The number of primary amides is 1. The fraction of sp³-hybridized carbons (Fsp3) is 0.643. The molecule has 0 fully saturated rings. The SMILES string of the molecule is CSCCC(NC(=O)C(N)CC(N)=O)C(=O)NCC(=O)NC(C)C(=O)O. The zero-order valence-electron chi connectivity index (χ0n) is 14.6. The fourth-order valence-corrected chi connectivity index (χ4v) is 2.21. The first-order valence-electron chi connectivity index (χ1n) is 7.71. The van der Waals surface area contributed by atoms with Crippen LogP contribution in [0.2, 0.25) is 0 Å². The number of nitrogens with one attached hydrogen (secondary N) is 3. The Morgan fingerprint density at radius 3 is 2.23 bits per heavy atom. The third kappa shape index (κ3) is 9.84. The molecule has 0 aromatic rings. The van der Waals surface area contributed by atoms with Crippen LogP contribution in [0.1, 0.15) is 19.8 Å². The molecule has 3 atom stereocenters. The number of carbonyl (C=O) groups is 5. The summed E-state index contributed by atoms with van der Waals surface area (Å²) in [5.74, 6) is -3.44. The molecule has 11 nitrogen and oxygen atoms in total. The molecule has 0 aliphatic carbocycles. The minimum Gasteiger partial charge on any atom is -0.480 e. The molecule has 0 heterocycles. The highest BCUT2D eigenvalue weighted by molar-refractivity contribution is 7.98. The second kappa shape index (κ2) is 12.1. The highest BCUT2D eigenvalue weighted by atomic mass is 32.2. The first-order chi connectivity index (χ1) is 12.1. The van der Waals surface area contributed by atoms with Crippen molar-refractivity contribution in [2.75, 3.05) is 18.6 Å². The van der Waals surface area contributed by atoms with E-state index in [1.165, 1.54) is 18.7 Å². The molecule has 0 bridgehead atoms. The summed E-state index contributed by atoms with van der Waals surface area (Å²) in [5.41, 5.74) is 10.5. The van der Waals surface area contributed by atoms with Crippen molar-refractivity contribution in [3.05, 3.63) is 0 Å². The van der Waals surface area contributed by atoms with E-state index in [0.717, 1.165) is 0 Å². The Morgan fingerprint density at radius 1 is 1.12 bits per heavy atom. The molecule has 0 saturated heterocycles. The molecule has 0 saturated carbocycles. The van der Waals surface area contributed by atoms with Crippen molar-refractivity contribution >= 4 is 41.4 Å². The number of nitrogens with two attached hydrogens (primary N) is 2. The summed E-state index contributed by atoms with van der Waals surface area (Å²) in [4.78, 5) is 57.2. The number of carboxylic acids is 1. The molecule has 3 unspecified atom stereocenters. The van der Waals surface area contributed by atoms with E-state index in [1.54, 1.807) is 0 Å². The van der Waals surface area contributed by atoms with Gasteiger partial charge in [0.05, 0.1) is 19.0 Å². The van der Waals surface area contributed by atoms with Crippen molar-refractivity contribution in [1.29, 1.82) is 0 Å². The monoisotopic (exact) mass is 391 g/mol. The molecule has 4 amide bonds. The number of amides is 4. The van der Waals surface area contributed by atoms with Crippen molar-refractivity contribution in [3.63, 3.8) is 0 Å². The van der Waals surface area contributed by atoms with Crippen LogP contribution in [-0.2, 0) is 24.0 Å². The van der Waals surface area contributed by atoms with Crippen molar-refractivity contribution in [1.82, 2.24) is 16.0 Å². The molecule has 0 rings (SSSR count). The zero-order valence-corrected chi connectivity index (χ0v) is 15.4. The van der Waals surface area contributed by atoms with E-state index in [2.05, 4.69) is 16.0 Å². The highest BCUT2D eigenvalue weighted by Gasteiger charge is 2.25. The maximum atomic E-state index is 12.2. The standard InChI is InChI=1S/C14H25N5O6S/c1-7(14(24)25)18-11(21)6-17-13(23)9(3-4-26-2)19-12(22)8(15)5-10(16)20/h7-9H,3-6,15H2,1-2H3,(H2,16,20)(H,17,23)(H,18,21)(H,19,22)(H,24,25). The number of carbonyl (C=O) groups excluding carboxylic acids is 4.